The average Bonchev–Trinajstić information content (AvgIpc) is 2.43. The van der Waals surface area contributed by atoms with Gasteiger partial charge in [-0.1, -0.05) is 37.6 Å². The van der Waals surface area contributed by atoms with Gasteiger partial charge in [0.25, 0.3) is 0 Å². The van der Waals surface area contributed by atoms with Gasteiger partial charge in [0.1, 0.15) is 17.9 Å². The Labute approximate surface area is 128 Å². The van der Waals surface area contributed by atoms with Gasteiger partial charge >= 0.3 is 0 Å². The number of amides is 2. The number of hydrogen-bond acceptors (Lipinski definition) is 2. The number of rotatable bonds is 3. The average molecular weight is 313 g/mol. The lowest BCUT2D eigenvalue weighted by atomic mass is 9.98. The molecule has 0 bridgehead atoms. The molecular weight excluding hydrogens is 295 g/mol. The highest BCUT2D eigenvalue weighted by Crippen LogP contribution is 2.23. The molecule has 1 N–H and O–H groups in total. The lowest BCUT2D eigenvalue weighted by Crippen LogP contribution is -2.63. The molecule has 1 aromatic carbocycles. The first-order valence-corrected chi connectivity index (χ1v) is 7.24. The highest BCUT2D eigenvalue weighted by atomic mass is 35.5. The Kier molecular flexibility index (Phi) is 4.52. The molecule has 2 rings (SSSR count). The van der Waals surface area contributed by atoms with E-state index in [1.54, 1.807) is 19.1 Å². The monoisotopic (exact) mass is 312 g/mol. The highest BCUT2D eigenvalue weighted by molar-refractivity contribution is 6.30. The van der Waals surface area contributed by atoms with Crippen molar-refractivity contribution in [2.24, 2.45) is 5.92 Å². The normalized spacial score (nSPS) is 22.7. The summed E-state index contributed by atoms with van der Waals surface area (Å²) < 4.78 is 14.0. The summed E-state index contributed by atoms with van der Waals surface area (Å²) in [6.45, 7) is 5.38. The summed E-state index contributed by atoms with van der Waals surface area (Å²) in [5, 5.41) is 2.72. The minimum Gasteiger partial charge on any atom is -0.342 e. The van der Waals surface area contributed by atoms with Crippen LogP contribution in [-0.2, 0) is 16.1 Å². The van der Waals surface area contributed by atoms with Gasteiger partial charge in [0.2, 0.25) is 11.8 Å². The molecule has 0 saturated carbocycles. The Morgan fingerprint density at radius 1 is 1.38 bits per heavy atom. The molecule has 21 heavy (non-hydrogen) atoms. The molecule has 1 aromatic rings. The molecule has 2 atom stereocenters. The van der Waals surface area contributed by atoms with Crippen molar-refractivity contribution in [3.63, 3.8) is 0 Å². The van der Waals surface area contributed by atoms with Crippen LogP contribution in [0.2, 0.25) is 5.02 Å². The van der Waals surface area contributed by atoms with E-state index in [9.17, 15) is 14.0 Å². The second-order valence-electron chi connectivity index (χ2n) is 5.59. The SMILES string of the molecule is CC(C)C1NC(=O)C(C)N(Cc2cccc(Cl)c2F)C1=O. The Bertz CT molecular complexity index is 577. The summed E-state index contributed by atoms with van der Waals surface area (Å²) in [4.78, 5) is 25.9. The van der Waals surface area contributed by atoms with Gasteiger partial charge in [0.05, 0.1) is 5.02 Å². The maximum atomic E-state index is 14.0. The van der Waals surface area contributed by atoms with Crippen molar-refractivity contribution >= 4 is 23.4 Å². The second-order valence-corrected chi connectivity index (χ2v) is 5.99. The fourth-order valence-corrected chi connectivity index (χ4v) is 2.56. The van der Waals surface area contributed by atoms with E-state index >= 15 is 0 Å². The van der Waals surface area contributed by atoms with Crippen LogP contribution in [0.25, 0.3) is 0 Å². The van der Waals surface area contributed by atoms with E-state index in [-0.39, 0.29) is 29.3 Å². The van der Waals surface area contributed by atoms with Crippen LogP contribution in [-0.4, -0.2) is 28.8 Å². The van der Waals surface area contributed by atoms with E-state index in [1.807, 2.05) is 13.8 Å². The van der Waals surface area contributed by atoms with Crippen molar-refractivity contribution < 1.29 is 14.0 Å². The first-order chi connectivity index (χ1) is 9.82. The molecule has 4 nitrogen and oxygen atoms in total. The molecule has 0 radical (unpaired) electrons. The molecule has 1 saturated heterocycles. The molecular formula is C15H18ClFN2O2. The topological polar surface area (TPSA) is 49.4 Å². The number of nitrogens with zero attached hydrogens (tertiary/aromatic N) is 1. The van der Waals surface area contributed by atoms with E-state index in [0.29, 0.717) is 5.56 Å². The molecule has 1 aliphatic rings. The number of hydrogen-bond donors (Lipinski definition) is 1. The molecule has 1 heterocycles. The van der Waals surface area contributed by atoms with Gasteiger partial charge in [-0.3, -0.25) is 9.59 Å². The molecule has 2 unspecified atom stereocenters. The maximum Gasteiger partial charge on any atom is 0.246 e. The van der Waals surface area contributed by atoms with Gasteiger partial charge in [-0.25, -0.2) is 4.39 Å². The molecule has 0 aromatic heterocycles. The van der Waals surface area contributed by atoms with Crippen molar-refractivity contribution in [1.29, 1.82) is 0 Å². The fourth-order valence-electron chi connectivity index (χ4n) is 2.37. The summed E-state index contributed by atoms with van der Waals surface area (Å²) in [6, 6.07) is 3.44. The minimum absolute atomic E-state index is 0.00877. The van der Waals surface area contributed by atoms with Crippen LogP contribution in [0.5, 0.6) is 0 Å². The Hall–Kier alpha value is -1.62. The Morgan fingerprint density at radius 3 is 2.67 bits per heavy atom. The van der Waals surface area contributed by atoms with Crippen molar-refractivity contribution in [2.75, 3.05) is 0 Å². The highest BCUT2D eigenvalue weighted by Gasteiger charge is 2.39. The molecule has 114 valence electrons. The minimum atomic E-state index is -0.633. The van der Waals surface area contributed by atoms with Crippen molar-refractivity contribution in [3.8, 4) is 0 Å². The third-order valence-electron chi connectivity index (χ3n) is 3.73. The van der Waals surface area contributed by atoms with Crippen LogP contribution >= 0.6 is 11.6 Å². The Balaban J connectivity index is 2.29. The number of halogens is 2. The van der Waals surface area contributed by atoms with Gasteiger partial charge < -0.3 is 10.2 Å². The number of benzene rings is 1. The van der Waals surface area contributed by atoms with E-state index in [1.165, 1.54) is 11.0 Å². The number of carbonyl (C=O) groups is 2. The van der Waals surface area contributed by atoms with Gasteiger partial charge in [0, 0.05) is 12.1 Å². The van der Waals surface area contributed by atoms with Crippen molar-refractivity contribution in [3.05, 3.63) is 34.6 Å². The smallest absolute Gasteiger partial charge is 0.246 e. The number of nitrogens with one attached hydrogen (secondary N) is 1. The summed E-state index contributed by atoms with van der Waals surface area (Å²) in [7, 11) is 0. The quantitative estimate of drug-likeness (QED) is 0.931. The molecule has 2 amide bonds. The summed E-state index contributed by atoms with van der Waals surface area (Å²) in [6.07, 6.45) is 0. The predicted octanol–water partition coefficient (Wildman–Crippen LogP) is 2.35. The fraction of sp³-hybridized carbons (Fsp3) is 0.467. The van der Waals surface area contributed by atoms with Gasteiger partial charge in [-0.15, -0.1) is 0 Å². The third-order valence-corrected chi connectivity index (χ3v) is 4.02. The maximum absolute atomic E-state index is 14.0. The molecule has 1 fully saturated rings. The molecule has 0 aliphatic carbocycles. The second kappa shape index (κ2) is 6.02. The summed E-state index contributed by atoms with van der Waals surface area (Å²) in [5.74, 6) is -1.00. The first kappa shape index (κ1) is 15.8. The van der Waals surface area contributed by atoms with Crippen LogP contribution in [0.15, 0.2) is 18.2 Å². The zero-order valence-corrected chi connectivity index (χ0v) is 12.9. The van der Waals surface area contributed by atoms with Gasteiger partial charge in [-0.2, -0.15) is 0 Å². The van der Waals surface area contributed by atoms with Crippen LogP contribution in [0.3, 0.4) is 0 Å². The van der Waals surface area contributed by atoms with Crippen LogP contribution < -0.4 is 5.32 Å². The number of carbonyl (C=O) groups excluding carboxylic acids is 2. The zero-order valence-electron chi connectivity index (χ0n) is 12.2. The molecule has 0 spiro atoms. The molecule has 6 heteroatoms. The van der Waals surface area contributed by atoms with E-state index in [4.69, 9.17) is 11.6 Å². The van der Waals surface area contributed by atoms with Crippen LogP contribution in [0.1, 0.15) is 26.3 Å². The lowest BCUT2D eigenvalue weighted by molar-refractivity contribution is -0.150. The Morgan fingerprint density at radius 2 is 2.05 bits per heavy atom. The van der Waals surface area contributed by atoms with Crippen molar-refractivity contribution in [1.82, 2.24) is 10.2 Å². The standard InChI is InChI=1S/C15H18ClFN2O2/c1-8(2)13-15(21)19(9(3)14(20)18-13)7-10-5-4-6-11(16)12(10)17/h4-6,8-9,13H,7H2,1-3H3,(H,18,20). The third kappa shape index (κ3) is 3.02. The summed E-state index contributed by atoms with van der Waals surface area (Å²) >= 11 is 5.75. The lowest BCUT2D eigenvalue weighted by Gasteiger charge is -2.38. The van der Waals surface area contributed by atoms with E-state index in [2.05, 4.69) is 5.32 Å². The van der Waals surface area contributed by atoms with Gasteiger partial charge in [0.15, 0.2) is 0 Å². The zero-order chi connectivity index (χ0) is 15.7. The van der Waals surface area contributed by atoms with Gasteiger partial charge in [-0.05, 0) is 18.9 Å². The van der Waals surface area contributed by atoms with Crippen LogP contribution in [0.4, 0.5) is 4.39 Å². The largest absolute Gasteiger partial charge is 0.342 e. The van der Waals surface area contributed by atoms with Crippen molar-refractivity contribution in [2.45, 2.75) is 39.4 Å². The first-order valence-electron chi connectivity index (χ1n) is 6.86. The van der Waals surface area contributed by atoms with E-state index in [0.717, 1.165) is 0 Å². The predicted molar refractivity (Wildman–Crippen MR) is 78.2 cm³/mol. The van der Waals surface area contributed by atoms with Crippen LogP contribution in [0, 0.1) is 11.7 Å². The number of piperazine rings is 1. The van der Waals surface area contributed by atoms with E-state index < -0.39 is 17.9 Å². The molecule has 1 aliphatic heterocycles. The summed E-state index contributed by atoms with van der Waals surface area (Å²) in [5.41, 5.74) is 0.305.